The van der Waals surface area contributed by atoms with Crippen molar-refractivity contribution in [3.63, 3.8) is 0 Å². The topological polar surface area (TPSA) is 65.4 Å². The predicted molar refractivity (Wildman–Crippen MR) is 103 cm³/mol. The van der Waals surface area contributed by atoms with E-state index in [2.05, 4.69) is 16.0 Å². The van der Waals surface area contributed by atoms with Crippen LogP contribution in [-0.4, -0.2) is 29.7 Å². The molecule has 0 saturated heterocycles. The molecular weight excluding hydrogens is 342 g/mol. The summed E-state index contributed by atoms with van der Waals surface area (Å²) >= 11 is 0. The van der Waals surface area contributed by atoms with Gasteiger partial charge < -0.3 is 19.4 Å². The van der Waals surface area contributed by atoms with Crippen molar-refractivity contribution in [3.8, 4) is 11.5 Å². The molecule has 0 bridgehead atoms. The van der Waals surface area contributed by atoms with Gasteiger partial charge in [0.05, 0.1) is 25.3 Å². The van der Waals surface area contributed by atoms with Gasteiger partial charge in [0, 0.05) is 25.4 Å². The first kappa shape index (κ1) is 17.4. The summed E-state index contributed by atoms with van der Waals surface area (Å²) in [5.74, 6) is 2.36. The summed E-state index contributed by atoms with van der Waals surface area (Å²) in [6.07, 6.45) is 1.50. The Morgan fingerprint density at radius 2 is 2.00 bits per heavy atom. The smallest absolute Gasteiger partial charge is 0.223 e. The number of fused-ring (bicyclic) bond motifs is 3. The Bertz CT molecular complexity index is 980. The molecule has 1 N–H and O–H groups in total. The molecule has 2 aromatic carbocycles. The van der Waals surface area contributed by atoms with Crippen molar-refractivity contribution in [2.24, 2.45) is 5.92 Å². The van der Waals surface area contributed by atoms with E-state index in [0.717, 1.165) is 35.4 Å². The number of imidazole rings is 1. The third-order valence-electron chi connectivity index (χ3n) is 5.15. The summed E-state index contributed by atoms with van der Waals surface area (Å²) in [7, 11) is 3.21. The number of hydrogen-bond donors (Lipinski definition) is 1. The van der Waals surface area contributed by atoms with E-state index < -0.39 is 0 Å². The molecule has 4 rings (SSSR count). The SMILES string of the molecule is COc1ccc(CNC(=O)[C@H]2CCn3c(nc4ccccc43)C2)cc1OC. The number of methoxy groups -OCH3 is 2. The first-order valence-corrected chi connectivity index (χ1v) is 9.12. The van der Waals surface area contributed by atoms with E-state index in [0.29, 0.717) is 24.5 Å². The van der Waals surface area contributed by atoms with Crippen molar-refractivity contribution < 1.29 is 14.3 Å². The van der Waals surface area contributed by atoms with Crippen molar-refractivity contribution in [3.05, 3.63) is 53.9 Å². The van der Waals surface area contributed by atoms with Gasteiger partial charge >= 0.3 is 0 Å². The molecule has 0 unspecified atom stereocenters. The highest BCUT2D eigenvalue weighted by atomic mass is 16.5. The molecule has 1 atom stereocenters. The molecule has 140 valence electrons. The number of carbonyl (C=O) groups excluding carboxylic acids is 1. The quantitative estimate of drug-likeness (QED) is 0.755. The molecule has 3 aromatic rings. The summed E-state index contributed by atoms with van der Waals surface area (Å²) in [4.78, 5) is 17.4. The summed E-state index contributed by atoms with van der Waals surface area (Å²) in [5.41, 5.74) is 3.12. The number of carbonyl (C=O) groups is 1. The van der Waals surface area contributed by atoms with Gasteiger partial charge in [0.25, 0.3) is 0 Å². The van der Waals surface area contributed by atoms with Gasteiger partial charge in [-0.1, -0.05) is 18.2 Å². The summed E-state index contributed by atoms with van der Waals surface area (Å²) in [6.45, 7) is 1.29. The Kier molecular flexibility index (Phi) is 4.71. The van der Waals surface area contributed by atoms with Gasteiger partial charge in [0.2, 0.25) is 5.91 Å². The second kappa shape index (κ2) is 7.31. The minimum absolute atomic E-state index is 0.0468. The van der Waals surface area contributed by atoms with Crippen LogP contribution in [0.5, 0.6) is 11.5 Å². The molecular formula is C21H23N3O3. The minimum atomic E-state index is -0.0468. The van der Waals surface area contributed by atoms with Crippen LogP contribution in [0.3, 0.4) is 0 Å². The van der Waals surface area contributed by atoms with Crippen LogP contribution in [0.15, 0.2) is 42.5 Å². The van der Waals surface area contributed by atoms with Crippen LogP contribution in [0.25, 0.3) is 11.0 Å². The van der Waals surface area contributed by atoms with Gasteiger partial charge in [-0.15, -0.1) is 0 Å². The molecule has 0 fully saturated rings. The number of aromatic nitrogens is 2. The normalized spacial score (nSPS) is 16.0. The lowest BCUT2D eigenvalue weighted by molar-refractivity contribution is -0.125. The van der Waals surface area contributed by atoms with Gasteiger partial charge in [-0.25, -0.2) is 4.98 Å². The van der Waals surface area contributed by atoms with E-state index in [1.807, 2.05) is 36.4 Å². The highest BCUT2D eigenvalue weighted by Gasteiger charge is 2.26. The third-order valence-corrected chi connectivity index (χ3v) is 5.15. The largest absolute Gasteiger partial charge is 0.493 e. The summed E-state index contributed by atoms with van der Waals surface area (Å²) in [5, 5.41) is 3.05. The lowest BCUT2D eigenvalue weighted by Crippen LogP contribution is -2.35. The summed E-state index contributed by atoms with van der Waals surface area (Å²) < 4.78 is 12.8. The van der Waals surface area contributed by atoms with E-state index in [9.17, 15) is 4.79 Å². The highest BCUT2D eigenvalue weighted by Crippen LogP contribution is 2.28. The Balaban J connectivity index is 1.42. The number of ether oxygens (including phenoxy) is 2. The van der Waals surface area contributed by atoms with Crippen LogP contribution >= 0.6 is 0 Å². The first-order chi connectivity index (χ1) is 13.2. The Labute approximate surface area is 158 Å². The van der Waals surface area contributed by atoms with Crippen LogP contribution in [0, 0.1) is 5.92 Å². The van der Waals surface area contributed by atoms with Crippen LogP contribution in [0.1, 0.15) is 17.8 Å². The third kappa shape index (κ3) is 3.35. The lowest BCUT2D eigenvalue weighted by atomic mass is 9.96. The molecule has 1 aromatic heterocycles. The maximum atomic E-state index is 12.7. The molecule has 1 amide bonds. The number of amides is 1. The first-order valence-electron chi connectivity index (χ1n) is 9.12. The summed E-state index contributed by atoms with van der Waals surface area (Å²) in [6, 6.07) is 13.8. The Morgan fingerprint density at radius 3 is 2.81 bits per heavy atom. The van der Waals surface area contributed by atoms with E-state index >= 15 is 0 Å². The molecule has 1 aliphatic heterocycles. The molecule has 0 saturated carbocycles. The molecule has 27 heavy (non-hydrogen) atoms. The maximum Gasteiger partial charge on any atom is 0.223 e. The zero-order valence-electron chi connectivity index (χ0n) is 15.6. The van der Waals surface area contributed by atoms with Crippen LogP contribution in [-0.2, 0) is 24.3 Å². The van der Waals surface area contributed by atoms with Crippen molar-refractivity contribution in [2.45, 2.75) is 25.9 Å². The molecule has 1 aliphatic rings. The number of nitrogens with one attached hydrogen (secondary N) is 1. The molecule has 0 aliphatic carbocycles. The maximum absolute atomic E-state index is 12.7. The second-order valence-corrected chi connectivity index (χ2v) is 6.77. The van der Waals surface area contributed by atoms with Gasteiger partial charge in [0.15, 0.2) is 11.5 Å². The number of aryl methyl sites for hydroxylation is 1. The fourth-order valence-corrected chi connectivity index (χ4v) is 3.69. The van der Waals surface area contributed by atoms with E-state index in [-0.39, 0.29) is 11.8 Å². The van der Waals surface area contributed by atoms with E-state index in [4.69, 9.17) is 14.5 Å². The van der Waals surface area contributed by atoms with Crippen LogP contribution in [0.4, 0.5) is 0 Å². The predicted octanol–water partition coefficient (Wildman–Crippen LogP) is 2.93. The molecule has 6 nitrogen and oxygen atoms in total. The van der Waals surface area contributed by atoms with Gasteiger partial charge in [0.1, 0.15) is 5.82 Å². The standard InChI is InChI=1S/C21H23N3O3/c1-26-18-8-7-14(11-19(18)27-2)13-22-21(25)15-9-10-24-17-6-4-3-5-16(17)23-20(24)12-15/h3-8,11,15H,9-10,12-13H2,1-2H3,(H,22,25)/t15-/m0/s1. The monoisotopic (exact) mass is 365 g/mol. The van der Waals surface area contributed by atoms with Crippen molar-refractivity contribution in [1.29, 1.82) is 0 Å². The van der Waals surface area contributed by atoms with Crippen LogP contribution in [0.2, 0.25) is 0 Å². The van der Waals surface area contributed by atoms with Crippen molar-refractivity contribution in [1.82, 2.24) is 14.9 Å². The zero-order valence-corrected chi connectivity index (χ0v) is 15.6. The fourth-order valence-electron chi connectivity index (χ4n) is 3.69. The average molecular weight is 365 g/mol. The number of para-hydroxylation sites is 2. The molecule has 2 heterocycles. The number of benzene rings is 2. The van der Waals surface area contributed by atoms with E-state index in [1.165, 1.54) is 0 Å². The molecule has 0 radical (unpaired) electrons. The van der Waals surface area contributed by atoms with Gasteiger partial charge in [-0.2, -0.15) is 0 Å². The molecule has 6 heteroatoms. The number of hydrogen-bond acceptors (Lipinski definition) is 4. The van der Waals surface area contributed by atoms with E-state index in [1.54, 1.807) is 14.2 Å². The van der Waals surface area contributed by atoms with Crippen LogP contribution < -0.4 is 14.8 Å². The van der Waals surface area contributed by atoms with Gasteiger partial charge in [-0.3, -0.25) is 4.79 Å². The Morgan fingerprint density at radius 1 is 1.19 bits per heavy atom. The second-order valence-electron chi connectivity index (χ2n) is 6.77. The zero-order chi connectivity index (χ0) is 18.8. The highest BCUT2D eigenvalue weighted by molar-refractivity contribution is 5.80. The Hall–Kier alpha value is -3.02. The van der Waals surface area contributed by atoms with Gasteiger partial charge in [-0.05, 0) is 36.2 Å². The molecule has 0 spiro atoms. The number of nitrogens with zero attached hydrogens (tertiary/aromatic N) is 2. The van der Waals surface area contributed by atoms with Crippen molar-refractivity contribution >= 4 is 16.9 Å². The van der Waals surface area contributed by atoms with Crippen molar-refractivity contribution in [2.75, 3.05) is 14.2 Å². The fraction of sp³-hybridized carbons (Fsp3) is 0.333. The average Bonchev–Trinajstić information content (AvgIpc) is 3.09. The lowest BCUT2D eigenvalue weighted by Gasteiger charge is -2.23. The number of rotatable bonds is 5. The minimum Gasteiger partial charge on any atom is -0.493 e.